The van der Waals surface area contributed by atoms with Gasteiger partial charge < -0.3 is 9.80 Å². The molecule has 1 atom stereocenters. The summed E-state index contributed by atoms with van der Waals surface area (Å²) in [5.41, 5.74) is 1.26. The van der Waals surface area contributed by atoms with E-state index in [2.05, 4.69) is 37.9 Å². The Hall–Kier alpha value is -1.35. The normalized spacial score (nSPS) is 18.3. The van der Waals surface area contributed by atoms with Crippen LogP contribution < -0.4 is 0 Å². The van der Waals surface area contributed by atoms with Gasteiger partial charge in [0.15, 0.2) is 0 Å². The summed E-state index contributed by atoms with van der Waals surface area (Å²) in [5, 5.41) is 0. The van der Waals surface area contributed by atoms with Gasteiger partial charge in [0.05, 0.1) is 0 Å². The molecule has 3 nitrogen and oxygen atoms in total. The molecule has 1 aromatic carbocycles. The first-order valence-corrected chi connectivity index (χ1v) is 7.59. The van der Waals surface area contributed by atoms with E-state index in [1.54, 1.807) is 0 Å². The molecule has 3 heteroatoms. The quantitative estimate of drug-likeness (QED) is 0.841. The zero-order valence-corrected chi connectivity index (χ0v) is 12.9. The molecule has 0 radical (unpaired) electrons. The third-order valence-corrected chi connectivity index (χ3v) is 4.24. The van der Waals surface area contributed by atoms with Gasteiger partial charge in [-0.1, -0.05) is 44.2 Å². The standard InChI is InChI=1S/C17H26N2O/c1-14(2)16(13-15-7-5-4-6-8-15)17(20)19-11-9-18(3)10-12-19/h4-8,14,16H,9-13H2,1-3H3/t16-/m1/s1. The minimum atomic E-state index is 0.0980. The number of carbonyl (C=O) groups is 1. The van der Waals surface area contributed by atoms with E-state index in [1.165, 1.54) is 5.56 Å². The van der Waals surface area contributed by atoms with E-state index >= 15 is 0 Å². The summed E-state index contributed by atoms with van der Waals surface area (Å²) in [5.74, 6) is 0.806. The minimum absolute atomic E-state index is 0.0980. The highest BCUT2D eigenvalue weighted by Gasteiger charge is 2.28. The van der Waals surface area contributed by atoms with Crippen molar-refractivity contribution in [2.45, 2.75) is 20.3 Å². The molecule has 1 amide bonds. The molecule has 0 saturated carbocycles. The number of rotatable bonds is 4. The molecule has 20 heavy (non-hydrogen) atoms. The van der Waals surface area contributed by atoms with Gasteiger partial charge in [-0.15, -0.1) is 0 Å². The van der Waals surface area contributed by atoms with Crippen molar-refractivity contribution in [3.63, 3.8) is 0 Å². The van der Waals surface area contributed by atoms with Crippen LogP contribution in [0, 0.1) is 11.8 Å². The smallest absolute Gasteiger partial charge is 0.226 e. The van der Waals surface area contributed by atoms with Crippen molar-refractivity contribution >= 4 is 5.91 Å². The topological polar surface area (TPSA) is 23.6 Å². The zero-order valence-electron chi connectivity index (χ0n) is 12.9. The number of hydrogen-bond donors (Lipinski definition) is 0. The SMILES string of the molecule is CC(C)[C@@H](Cc1ccccc1)C(=O)N1CCN(C)CC1. The molecule has 1 heterocycles. The fourth-order valence-electron chi connectivity index (χ4n) is 2.74. The van der Waals surface area contributed by atoms with Gasteiger partial charge in [0.1, 0.15) is 0 Å². The number of hydrogen-bond acceptors (Lipinski definition) is 2. The lowest BCUT2D eigenvalue weighted by Crippen LogP contribution is -2.50. The second kappa shape index (κ2) is 6.89. The Morgan fingerprint density at radius 2 is 1.70 bits per heavy atom. The summed E-state index contributed by atoms with van der Waals surface area (Å²) in [6, 6.07) is 10.4. The molecule has 0 spiro atoms. The van der Waals surface area contributed by atoms with Crippen LogP contribution in [0.4, 0.5) is 0 Å². The molecule has 1 saturated heterocycles. The summed E-state index contributed by atoms with van der Waals surface area (Å²) in [7, 11) is 2.12. The lowest BCUT2D eigenvalue weighted by Gasteiger charge is -2.35. The fourth-order valence-corrected chi connectivity index (χ4v) is 2.74. The molecule has 1 fully saturated rings. The highest BCUT2D eigenvalue weighted by molar-refractivity contribution is 5.79. The number of piperazine rings is 1. The van der Waals surface area contributed by atoms with Crippen molar-refractivity contribution in [1.29, 1.82) is 0 Å². The van der Waals surface area contributed by atoms with E-state index in [0.717, 1.165) is 32.6 Å². The maximum Gasteiger partial charge on any atom is 0.226 e. The number of amides is 1. The van der Waals surface area contributed by atoms with Gasteiger partial charge in [-0.2, -0.15) is 0 Å². The number of likely N-dealkylation sites (N-methyl/N-ethyl adjacent to an activating group) is 1. The molecule has 0 unspecified atom stereocenters. The van der Waals surface area contributed by atoms with Crippen molar-refractivity contribution in [2.24, 2.45) is 11.8 Å². The lowest BCUT2D eigenvalue weighted by molar-refractivity contribution is -0.138. The second-order valence-electron chi connectivity index (χ2n) is 6.17. The third-order valence-electron chi connectivity index (χ3n) is 4.24. The molecule has 0 aromatic heterocycles. The molecule has 2 rings (SSSR count). The van der Waals surface area contributed by atoms with E-state index in [1.807, 2.05) is 23.1 Å². The Balaban J connectivity index is 2.03. The van der Waals surface area contributed by atoms with Gasteiger partial charge in [-0.25, -0.2) is 0 Å². The predicted molar refractivity (Wildman–Crippen MR) is 82.6 cm³/mol. The van der Waals surface area contributed by atoms with Crippen molar-refractivity contribution < 1.29 is 4.79 Å². The average molecular weight is 274 g/mol. The van der Waals surface area contributed by atoms with Crippen LogP contribution in [0.25, 0.3) is 0 Å². The summed E-state index contributed by atoms with van der Waals surface area (Å²) in [4.78, 5) is 17.1. The molecule has 0 aliphatic carbocycles. The zero-order chi connectivity index (χ0) is 14.5. The molecular formula is C17H26N2O. The van der Waals surface area contributed by atoms with Crippen molar-refractivity contribution in [2.75, 3.05) is 33.2 Å². The summed E-state index contributed by atoms with van der Waals surface area (Å²) < 4.78 is 0. The first-order valence-electron chi connectivity index (χ1n) is 7.59. The Bertz CT molecular complexity index is 422. The van der Waals surface area contributed by atoms with Crippen LogP contribution >= 0.6 is 0 Å². The molecular weight excluding hydrogens is 248 g/mol. The van der Waals surface area contributed by atoms with Crippen molar-refractivity contribution in [3.8, 4) is 0 Å². The van der Waals surface area contributed by atoms with Gasteiger partial charge in [-0.05, 0) is 24.9 Å². The van der Waals surface area contributed by atoms with E-state index in [9.17, 15) is 4.79 Å². The first kappa shape index (κ1) is 15.0. The fraction of sp³-hybridized carbons (Fsp3) is 0.588. The average Bonchev–Trinajstić information content (AvgIpc) is 2.45. The van der Waals surface area contributed by atoms with Gasteiger partial charge in [0, 0.05) is 32.1 Å². The van der Waals surface area contributed by atoms with Crippen LogP contribution in [0.2, 0.25) is 0 Å². The Morgan fingerprint density at radius 3 is 2.25 bits per heavy atom. The number of nitrogens with zero attached hydrogens (tertiary/aromatic N) is 2. The third kappa shape index (κ3) is 3.83. The highest BCUT2D eigenvalue weighted by atomic mass is 16.2. The van der Waals surface area contributed by atoms with Gasteiger partial charge in [0.2, 0.25) is 5.91 Å². The predicted octanol–water partition coefficient (Wildman–Crippen LogP) is 2.28. The monoisotopic (exact) mass is 274 g/mol. The van der Waals surface area contributed by atoms with Gasteiger partial charge in [0.25, 0.3) is 0 Å². The van der Waals surface area contributed by atoms with E-state index in [0.29, 0.717) is 11.8 Å². The van der Waals surface area contributed by atoms with Gasteiger partial charge in [-0.3, -0.25) is 4.79 Å². The Labute approximate surface area is 122 Å². The molecule has 110 valence electrons. The molecule has 1 aliphatic rings. The van der Waals surface area contributed by atoms with Crippen LogP contribution in [0.5, 0.6) is 0 Å². The molecule has 0 N–H and O–H groups in total. The number of benzene rings is 1. The number of carbonyl (C=O) groups excluding carboxylic acids is 1. The van der Waals surface area contributed by atoms with Crippen molar-refractivity contribution in [3.05, 3.63) is 35.9 Å². The van der Waals surface area contributed by atoms with E-state index in [-0.39, 0.29) is 5.92 Å². The first-order chi connectivity index (χ1) is 9.58. The maximum absolute atomic E-state index is 12.8. The highest BCUT2D eigenvalue weighted by Crippen LogP contribution is 2.20. The molecule has 1 aromatic rings. The Kier molecular flexibility index (Phi) is 5.18. The summed E-state index contributed by atoms with van der Waals surface area (Å²) >= 11 is 0. The van der Waals surface area contributed by atoms with Crippen LogP contribution in [0.1, 0.15) is 19.4 Å². The summed E-state index contributed by atoms with van der Waals surface area (Å²) in [6.45, 7) is 8.02. The lowest BCUT2D eigenvalue weighted by atomic mass is 9.88. The van der Waals surface area contributed by atoms with Crippen LogP contribution in [-0.4, -0.2) is 48.9 Å². The molecule has 1 aliphatic heterocycles. The second-order valence-corrected chi connectivity index (χ2v) is 6.17. The largest absolute Gasteiger partial charge is 0.340 e. The van der Waals surface area contributed by atoms with Crippen LogP contribution in [-0.2, 0) is 11.2 Å². The van der Waals surface area contributed by atoms with E-state index < -0.39 is 0 Å². The maximum atomic E-state index is 12.8. The van der Waals surface area contributed by atoms with Crippen LogP contribution in [0.15, 0.2) is 30.3 Å². The minimum Gasteiger partial charge on any atom is -0.340 e. The van der Waals surface area contributed by atoms with Crippen LogP contribution in [0.3, 0.4) is 0 Å². The molecule has 0 bridgehead atoms. The Morgan fingerprint density at radius 1 is 1.10 bits per heavy atom. The van der Waals surface area contributed by atoms with Crippen molar-refractivity contribution in [1.82, 2.24) is 9.80 Å². The van der Waals surface area contributed by atoms with E-state index in [4.69, 9.17) is 0 Å². The van der Waals surface area contributed by atoms with Gasteiger partial charge >= 0.3 is 0 Å². The summed E-state index contributed by atoms with van der Waals surface area (Å²) in [6.07, 6.45) is 0.851.